The molecule has 1 aromatic rings. The molecule has 7 heteroatoms. The highest BCUT2D eigenvalue weighted by Gasteiger charge is 2.18. The van der Waals surface area contributed by atoms with E-state index < -0.39 is 0 Å². The largest absolute Gasteiger partial charge is 0.488 e. The minimum atomic E-state index is -0.0388. The summed E-state index contributed by atoms with van der Waals surface area (Å²) in [4.78, 5) is 16.4. The molecule has 27 heavy (non-hydrogen) atoms. The van der Waals surface area contributed by atoms with Gasteiger partial charge in [-0.15, -0.1) is 0 Å². The zero-order chi connectivity index (χ0) is 19.5. The minimum Gasteiger partial charge on any atom is -0.488 e. The number of ether oxygens (including phenoxy) is 2. The summed E-state index contributed by atoms with van der Waals surface area (Å²) in [6, 6.07) is 6.14. The number of hydrogen-bond acceptors (Lipinski definition) is 4. The molecular formula is C20H32N4O3. The second-order valence-electron chi connectivity index (χ2n) is 6.61. The van der Waals surface area contributed by atoms with E-state index in [0.717, 1.165) is 42.9 Å². The lowest BCUT2D eigenvalue weighted by Crippen LogP contribution is -2.43. The quantitative estimate of drug-likeness (QED) is 0.452. The van der Waals surface area contributed by atoms with Gasteiger partial charge in [0.15, 0.2) is 5.96 Å². The highest BCUT2D eigenvalue weighted by atomic mass is 16.5. The predicted molar refractivity (Wildman–Crippen MR) is 107 cm³/mol. The standard InChI is InChI=1S/C20H32N4O3/c1-4-9-22-19(25)13-24-20(21-5-2)23-12-16-7-6-15(3)11-18(16)27-17-8-10-26-14-17/h6-7,11,17H,4-5,8-10,12-14H2,1-3H3,(H,22,25)(H2,21,23,24). The lowest BCUT2D eigenvalue weighted by atomic mass is 10.1. The molecule has 1 aliphatic rings. The van der Waals surface area contributed by atoms with Crippen molar-refractivity contribution in [2.24, 2.45) is 4.99 Å². The Kier molecular flexibility index (Phi) is 8.91. The number of guanidine groups is 1. The van der Waals surface area contributed by atoms with Gasteiger partial charge in [-0.3, -0.25) is 4.79 Å². The van der Waals surface area contributed by atoms with Gasteiger partial charge in [-0.1, -0.05) is 19.1 Å². The van der Waals surface area contributed by atoms with Crippen LogP contribution in [-0.2, 0) is 16.1 Å². The van der Waals surface area contributed by atoms with Gasteiger partial charge in [0.05, 0.1) is 26.3 Å². The molecule has 0 spiro atoms. The van der Waals surface area contributed by atoms with Crippen molar-refractivity contribution in [1.82, 2.24) is 16.0 Å². The van der Waals surface area contributed by atoms with Crippen LogP contribution in [0.5, 0.6) is 5.75 Å². The molecule has 3 N–H and O–H groups in total. The molecule has 0 saturated carbocycles. The predicted octanol–water partition coefficient (Wildman–Crippen LogP) is 1.74. The molecule has 0 radical (unpaired) electrons. The lowest BCUT2D eigenvalue weighted by molar-refractivity contribution is -0.120. The fourth-order valence-electron chi connectivity index (χ4n) is 2.68. The Balaban J connectivity index is 2.00. The molecule has 1 saturated heterocycles. The Morgan fingerprint density at radius 2 is 2.15 bits per heavy atom. The van der Waals surface area contributed by atoms with E-state index in [9.17, 15) is 4.79 Å². The maximum absolute atomic E-state index is 11.8. The number of carbonyl (C=O) groups excluding carboxylic acids is 1. The number of aliphatic imine (C=N–C) groups is 1. The summed E-state index contributed by atoms with van der Waals surface area (Å²) in [6.07, 6.45) is 1.93. The maximum Gasteiger partial charge on any atom is 0.239 e. The number of amides is 1. The zero-order valence-electron chi connectivity index (χ0n) is 16.6. The molecular weight excluding hydrogens is 344 g/mol. The van der Waals surface area contributed by atoms with Gasteiger partial charge in [0.1, 0.15) is 11.9 Å². The average molecular weight is 377 g/mol. The van der Waals surface area contributed by atoms with Gasteiger partial charge in [-0.05, 0) is 31.9 Å². The molecule has 1 heterocycles. The van der Waals surface area contributed by atoms with Crippen molar-refractivity contribution in [3.8, 4) is 5.75 Å². The topological polar surface area (TPSA) is 84.0 Å². The van der Waals surface area contributed by atoms with E-state index in [4.69, 9.17) is 9.47 Å². The number of nitrogens with one attached hydrogen (secondary N) is 3. The first kappa shape index (κ1) is 21.0. The van der Waals surface area contributed by atoms with E-state index >= 15 is 0 Å². The van der Waals surface area contributed by atoms with Crippen LogP contribution in [-0.4, -0.2) is 50.8 Å². The van der Waals surface area contributed by atoms with E-state index in [1.54, 1.807) is 0 Å². The Bertz CT molecular complexity index is 628. The second kappa shape index (κ2) is 11.4. The average Bonchev–Trinajstić information content (AvgIpc) is 3.16. The molecule has 1 unspecified atom stereocenters. The highest BCUT2D eigenvalue weighted by Crippen LogP contribution is 2.24. The summed E-state index contributed by atoms with van der Waals surface area (Å²) in [5.74, 6) is 1.42. The Morgan fingerprint density at radius 1 is 1.30 bits per heavy atom. The minimum absolute atomic E-state index is 0.0388. The van der Waals surface area contributed by atoms with Crippen LogP contribution in [0.15, 0.2) is 23.2 Å². The molecule has 1 aromatic carbocycles. The summed E-state index contributed by atoms with van der Waals surface area (Å²) in [7, 11) is 0. The number of rotatable bonds is 9. The smallest absolute Gasteiger partial charge is 0.239 e. The normalized spacial score (nSPS) is 16.9. The van der Waals surface area contributed by atoms with Crippen LogP contribution >= 0.6 is 0 Å². The van der Waals surface area contributed by atoms with Gasteiger partial charge < -0.3 is 25.4 Å². The molecule has 0 aliphatic carbocycles. The van der Waals surface area contributed by atoms with Gasteiger partial charge in [0.2, 0.25) is 5.91 Å². The SMILES string of the molecule is CCCNC(=O)CNC(=NCc1ccc(C)cc1OC1CCOC1)NCC. The van der Waals surface area contributed by atoms with Crippen LogP contribution in [0.2, 0.25) is 0 Å². The zero-order valence-corrected chi connectivity index (χ0v) is 16.6. The monoisotopic (exact) mass is 376 g/mol. The summed E-state index contributed by atoms with van der Waals surface area (Å²) < 4.78 is 11.5. The number of nitrogens with zero attached hydrogens (tertiary/aromatic N) is 1. The van der Waals surface area contributed by atoms with E-state index in [1.165, 1.54) is 0 Å². The first-order valence-electron chi connectivity index (χ1n) is 9.75. The van der Waals surface area contributed by atoms with Crippen molar-refractivity contribution < 1.29 is 14.3 Å². The van der Waals surface area contributed by atoms with Gasteiger partial charge >= 0.3 is 0 Å². The second-order valence-corrected chi connectivity index (χ2v) is 6.61. The summed E-state index contributed by atoms with van der Waals surface area (Å²) in [5.41, 5.74) is 2.16. The van der Waals surface area contributed by atoms with Crippen molar-refractivity contribution in [3.05, 3.63) is 29.3 Å². The van der Waals surface area contributed by atoms with Crippen molar-refractivity contribution in [3.63, 3.8) is 0 Å². The first-order valence-corrected chi connectivity index (χ1v) is 9.75. The molecule has 0 aromatic heterocycles. The third kappa shape index (κ3) is 7.46. The van der Waals surface area contributed by atoms with Gasteiger partial charge in [-0.25, -0.2) is 4.99 Å². The van der Waals surface area contributed by atoms with Gasteiger partial charge in [-0.2, -0.15) is 0 Å². The lowest BCUT2D eigenvalue weighted by Gasteiger charge is -2.16. The number of benzene rings is 1. The number of hydrogen-bond donors (Lipinski definition) is 3. The molecule has 2 rings (SSSR count). The Hall–Kier alpha value is -2.28. The van der Waals surface area contributed by atoms with Gasteiger partial charge in [0.25, 0.3) is 0 Å². The first-order chi connectivity index (χ1) is 13.1. The van der Waals surface area contributed by atoms with Crippen LogP contribution in [0.1, 0.15) is 37.8 Å². The molecule has 0 bridgehead atoms. The molecule has 1 fully saturated rings. The molecule has 1 atom stereocenters. The molecule has 1 amide bonds. The van der Waals surface area contributed by atoms with Crippen LogP contribution in [0.25, 0.3) is 0 Å². The number of aryl methyl sites for hydroxylation is 1. The third-order valence-corrected chi connectivity index (χ3v) is 4.14. The summed E-state index contributed by atoms with van der Waals surface area (Å²) in [5, 5.41) is 9.08. The van der Waals surface area contributed by atoms with Crippen molar-refractivity contribution in [1.29, 1.82) is 0 Å². The molecule has 7 nitrogen and oxygen atoms in total. The van der Waals surface area contributed by atoms with Crippen molar-refractivity contribution >= 4 is 11.9 Å². The van der Waals surface area contributed by atoms with Gasteiger partial charge in [0, 0.05) is 25.1 Å². The maximum atomic E-state index is 11.8. The van der Waals surface area contributed by atoms with E-state index in [2.05, 4.69) is 27.0 Å². The Labute approximate surface area is 161 Å². The number of carbonyl (C=O) groups is 1. The van der Waals surface area contributed by atoms with E-state index in [1.807, 2.05) is 32.9 Å². The highest BCUT2D eigenvalue weighted by molar-refractivity contribution is 5.86. The van der Waals surface area contributed by atoms with Crippen LogP contribution < -0.4 is 20.7 Å². The van der Waals surface area contributed by atoms with Crippen LogP contribution in [0, 0.1) is 6.92 Å². The van der Waals surface area contributed by atoms with Crippen molar-refractivity contribution in [2.75, 3.05) is 32.8 Å². The fraction of sp³-hybridized carbons (Fsp3) is 0.600. The van der Waals surface area contributed by atoms with Crippen LogP contribution in [0.4, 0.5) is 0 Å². The summed E-state index contributed by atoms with van der Waals surface area (Å²) >= 11 is 0. The molecule has 150 valence electrons. The third-order valence-electron chi connectivity index (χ3n) is 4.14. The molecule has 1 aliphatic heterocycles. The fourth-order valence-corrected chi connectivity index (χ4v) is 2.68. The summed E-state index contributed by atoms with van der Waals surface area (Å²) in [6.45, 7) is 9.52. The van der Waals surface area contributed by atoms with Crippen LogP contribution in [0.3, 0.4) is 0 Å². The van der Waals surface area contributed by atoms with E-state index in [-0.39, 0.29) is 18.6 Å². The van der Waals surface area contributed by atoms with Crippen molar-refractivity contribution in [2.45, 2.75) is 46.3 Å². The Morgan fingerprint density at radius 3 is 2.85 bits per heavy atom. The van der Waals surface area contributed by atoms with E-state index in [0.29, 0.717) is 25.7 Å².